The fourth-order valence-corrected chi connectivity index (χ4v) is 4.53. The van der Waals surface area contributed by atoms with Crippen LogP contribution in [0.15, 0.2) is 42.5 Å². The molecule has 0 aromatic heterocycles. The molecular weight excluding hydrogens is 400 g/mol. The summed E-state index contributed by atoms with van der Waals surface area (Å²) >= 11 is 0. The second-order valence-corrected chi connectivity index (χ2v) is 8.25. The zero-order valence-electron chi connectivity index (χ0n) is 17.8. The molecule has 4 rings (SSSR count). The first-order valence-electron chi connectivity index (χ1n) is 10.7. The Morgan fingerprint density at radius 2 is 1.71 bits per heavy atom. The van der Waals surface area contributed by atoms with Crippen LogP contribution >= 0.6 is 0 Å². The van der Waals surface area contributed by atoms with Crippen LogP contribution in [0.1, 0.15) is 42.6 Å². The molecule has 7 heteroatoms. The van der Waals surface area contributed by atoms with E-state index in [1.165, 1.54) is 0 Å². The minimum Gasteiger partial charge on any atom is -0.496 e. The highest BCUT2D eigenvalue weighted by molar-refractivity contribution is 5.54. The number of hydrogen-bond donors (Lipinski definition) is 4. The van der Waals surface area contributed by atoms with Gasteiger partial charge in [0.25, 0.3) is 0 Å². The second kappa shape index (κ2) is 8.76. The Balaban J connectivity index is 1.70. The third-order valence-electron chi connectivity index (χ3n) is 6.43. The van der Waals surface area contributed by atoms with Crippen LogP contribution in [0, 0.1) is 0 Å². The highest BCUT2D eigenvalue weighted by Gasteiger charge is 2.49. The highest BCUT2D eigenvalue weighted by Crippen LogP contribution is 2.56. The number of methoxy groups -OCH3 is 1. The van der Waals surface area contributed by atoms with Crippen LogP contribution in [0.3, 0.4) is 0 Å². The molecule has 0 radical (unpaired) electrons. The molecule has 31 heavy (non-hydrogen) atoms. The molecule has 1 saturated carbocycles. The zero-order chi connectivity index (χ0) is 22.2. The molecule has 0 amide bonds. The van der Waals surface area contributed by atoms with Gasteiger partial charge in [-0.25, -0.2) is 0 Å². The Morgan fingerprint density at radius 1 is 1.00 bits per heavy atom. The smallest absolute Gasteiger partial charge is 0.122 e. The fraction of sp³-hybridized carbons (Fsp3) is 0.500. The predicted molar refractivity (Wildman–Crippen MR) is 113 cm³/mol. The van der Waals surface area contributed by atoms with Gasteiger partial charge in [0, 0.05) is 11.0 Å². The van der Waals surface area contributed by atoms with Gasteiger partial charge in [-0.2, -0.15) is 0 Å². The molecule has 0 spiro atoms. The van der Waals surface area contributed by atoms with Gasteiger partial charge in [0.2, 0.25) is 0 Å². The summed E-state index contributed by atoms with van der Waals surface area (Å²) in [6, 6.07) is 13.6. The average Bonchev–Trinajstić information content (AvgIpc) is 3.60. The maximum absolute atomic E-state index is 10.5. The summed E-state index contributed by atoms with van der Waals surface area (Å²) < 4.78 is 17.0. The van der Waals surface area contributed by atoms with Gasteiger partial charge in [-0.3, -0.25) is 0 Å². The van der Waals surface area contributed by atoms with Crippen molar-refractivity contribution in [3.63, 3.8) is 0 Å². The molecule has 1 heterocycles. The molecular formula is C24H30O7. The minimum absolute atomic E-state index is 0.208. The van der Waals surface area contributed by atoms with Crippen molar-refractivity contribution < 1.29 is 34.6 Å². The van der Waals surface area contributed by atoms with Gasteiger partial charge < -0.3 is 34.6 Å². The molecule has 5 atom stereocenters. The molecule has 7 nitrogen and oxygen atoms in total. The monoisotopic (exact) mass is 430 g/mol. The fourth-order valence-electron chi connectivity index (χ4n) is 4.53. The lowest BCUT2D eigenvalue weighted by atomic mass is 9.84. The molecule has 1 aliphatic carbocycles. The van der Waals surface area contributed by atoms with Crippen molar-refractivity contribution in [1.82, 2.24) is 0 Å². The number of ether oxygens (including phenoxy) is 3. The van der Waals surface area contributed by atoms with E-state index in [0.717, 1.165) is 35.5 Å². The zero-order valence-corrected chi connectivity index (χ0v) is 17.8. The largest absolute Gasteiger partial charge is 0.496 e. The third kappa shape index (κ3) is 3.92. The van der Waals surface area contributed by atoms with Gasteiger partial charge in [-0.1, -0.05) is 18.2 Å². The topological polar surface area (TPSA) is 109 Å². The van der Waals surface area contributed by atoms with E-state index in [-0.39, 0.29) is 5.41 Å². The van der Waals surface area contributed by atoms with Crippen molar-refractivity contribution in [2.45, 2.75) is 55.7 Å². The molecule has 2 aliphatic rings. The number of aliphatic hydroxyl groups is 4. The van der Waals surface area contributed by atoms with Crippen molar-refractivity contribution in [2.24, 2.45) is 0 Å². The van der Waals surface area contributed by atoms with Crippen molar-refractivity contribution in [1.29, 1.82) is 0 Å². The van der Waals surface area contributed by atoms with Gasteiger partial charge >= 0.3 is 0 Å². The molecule has 1 saturated heterocycles. The van der Waals surface area contributed by atoms with E-state index >= 15 is 0 Å². The molecule has 2 fully saturated rings. The molecule has 168 valence electrons. The Hall–Kier alpha value is -2.16. The molecule has 4 N–H and O–H groups in total. The first-order chi connectivity index (χ1) is 14.9. The normalized spacial score (nSPS) is 29.4. The van der Waals surface area contributed by atoms with Crippen LogP contribution in [-0.4, -0.2) is 65.2 Å². The lowest BCUT2D eigenvalue weighted by Crippen LogP contribution is -2.55. The molecule has 1 aliphatic heterocycles. The summed E-state index contributed by atoms with van der Waals surface area (Å²) in [5.74, 6) is 1.56. The summed E-state index contributed by atoms with van der Waals surface area (Å²) in [4.78, 5) is 0. The summed E-state index contributed by atoms with van der Waals surface area (Å²) in [5, 5.41) is 40.3. The van der Waals surface area contributed by atoms with Crippen LogP contribution < -0.4 is 9.47 Å². The number of aliphatic hydroxyl groups excluding tert-OH is 4. The number of hydrogen-bond acceptors (Lipinski definition) is 7. The molecule has 0 bridgehead atoms. The van der Waals surface area contributed by atoms with Crippen LogP contribution in [0.5, 0.6) is 11.5 Å². The van der Waals surface area contributed by atoms with Crippen molar-refractivity contribution in [2.75, 3.05) is 20.3 Å². The van der Waals surface area contributed by atoms with Crippen molar-refractivity contribution in [3.8, 4) is 11.5 Å². The standard InChI is InChI=1S/C24H30O7/c1-3-30-16-7-5-15(6-8-16)24(10-11-24)17-12-14(4-9-18(17)29-2)23-22(28)21(27)20(26)19(13-25)31-23/h4-9,12,19-23,25-28H,3,10-11,13H2,1-2H3. The van der Waals surface area contributed by atoms with Crippen molar-refractivity contribution in [3.05, 3.63) is 59.2 Å². The average molecular weight is 430 g/mol. The molecule has 2 aromatic carbocycles. The predicted octanol–water partition coefficient (Wildman–Crippen LogP) is 1.69. The summed E-state index contributed by atoms with van der Waals surface area (Å²) in [5.41, 5.74) is 2.58. The first-order valence-corrected chi connectivity index (χ1v) is 10.7. The van der Waals surface area contributed by atoms with Gasteiger partial charge in [-0.15, -0.1) is 0 Å². The van der Waals surface area contributed by atoms with E-state index in [1.807, 2.05) is 31.2 Å². The van der Waals surface area contributed by atoms with Gasteiger partial charge in [0.05, 0.1) is 20.3 Å². The Bertz CT molecular complexity index is 891. The Morgan fingerprint density at radius 3 is 2.29 bits per heavy atom. The molecule has 5 unspecified atom stereocenters. The lowest BCUT2D eigenvalue weighted by molar-refractivity contribution is -0.231. The summed E-state index contributed by atoms with van der Waals surface area (Å²) in [6.07, 6.45) is -4.04. The number of benzene rings is 2. The maximum atomic E-state index is 10.5. The van der Waals surface area contributed by atoms with Gasteiger partial charge in [0.15, 0.2) is 0 Å². The maximum Gasteiger partial charge on any atom is 0.122 e. The third-order valence-corrected chi connectivity index (χ3v) is 6.43. The van der Waals surface area contributed by atoms with Gasteiger partial charge in [0.1, 0.15) is 42.0 Å². The summed E-state index contributed by atoms with van der Waals surface area (Å²) in [7, 11) is 1.63. The van der Waals surface area contributed by atoms with E-state index in [9.17, 15) is 20.4 Å². The van der Waals surface area contributed by atoms with Crippen LogP contribution in [0.25, 0.3) is 0 Å². The van der Waals surface area contributed by atoms with E-state index in [0.29, 0.717) is 12.2 Å². The van der Waals surface area contributed by atoms with E-state index in [4.69, 9.17) is 14.2 Å². The summed E-state index contributed by atoms with van der Waals surface area (Å²) in [6.45, 7) is 2.10. The lowest BCUT2D eigenvalue weighted by Gasteiger charge is -2.40. The first kappa shape index (κ1) is 22.0. The van der Waals surface area contributed by atoms with Crippen LogP contribution in [0.2, 0.25) is 0 Å². The van der Waals surface area contributed by atoms with Crippen LogP contribution in [-0.2, 0) is 10.2 Å². The van der Waals surface area contributed by atoms with E-state index in [1.54, 1.807) is 13.2 Å². The SMILES string of the molecule is CCOc1ccc(C2(c3cc(C4OC(CO)C(O)C(O)C4O)ccc3OC)CC2)cc1. The van der Waals surface area contributed by atoms with Gasteiger partial charge in [-0.05, 0) is 55.2 Å². The Kier molecular flexibility index (Phi) is 6.23. The quantitative estimate of drug-likeness (QED) is 0.529. The second-order valence-electron chi connectivity index (χ2n) is 8.25. The van der Waals surface area contributed by atoms with Crippen molar-refractivity contribution >= 4 is 0 Å². The van der Waals surface area contributed by atoms with E-state index in [2.05, 4.69) is 12.1 Å². The minimum atomic E-state index is -1.41. The Labute approximate surface area is 181 Å². The van der Waals surface area contributed by atoms with Crippen LogP contribution in [0.4, 0.5) is 0 Å². The number of rotatable bonds is 7. The highest BCUT2D eigenvalue weighted by atomic mass is 16.5. The van der Waals surface area contributed by atoms with E-state index < -0.39 is 37.1 Å². The molecule has 2 aromatic rings.